The van der Waals surface area contributed by atoms with Gasteiger partial charge in [-0.15, -0.1) is 0 Å². The third-order valence-electron chi connectivity index (χ3n) is 9.22. The molecule has 0 unspecified atom stereocenters. The minimum Gasteiger partial charge on any atom is -0.208 e. The fourth-order valence-corrected chi connectivity index (χ4v) is 6.67. The predicted molar refractivity (Wildman–Crippen MR) is 212 cm³/mol. The monoisotopic (exact) mass is 655 g/mol. The Kier molecular flexibility index (Phi) is 8.61. The zero-order valence-corrected chi connectivity index (χ0v) is 29.0. The van der Waals surface area contributed by atoms with Crippen molar-refractivity contribution < 1.29 is 0 Å². The summed E-state index contributed by atoms with van der Waals surface area (Å²) in [4.78, 5) is 15.2. The maximum atomic E-state index is 5.10. The van der Waals surface area contributed by atoms with Crippen LogP contribution in [0.4, 0.5) is 0 Å². The van der Waals surface area contributed by atoms with Crippen molar-refractivity contribution in [2.75, 3.05) is 0 Å². The zero-order valence-electron chi connectivity index (χ0n) is 29.0. The molecule has 8 aromatic rings. The van der Waals surface area contributed by atoms with E-state index in [9.17, 15) is 0 Å². The molecular formula is C48H37N3. The van der Waals surface area contributed by atoms with Crippen molar-refractivity contribution in [1.29, 1.82) is 0 Å². The quantitative estimate of drug-likeness (QED) is 0.171. The van der Waals surface area contributed by atoms with Crippen LogP contribution in [0.3, 0.4) is 0 Å². The molecule has 1 aromatic heterocycles. The van der Waals surface area contributed by atoms with E-state index in [4.69, 9.17) is 15.0 Å². The topological polar surface area (TPSA) is 38.7 Å². The Bertz CT molecular complexity index is 2410. The molecule has 0 aliphatic rings. The van der Waals surface area contributed by atoms with Crippen LogP contribution in [0.5, 0.6) is 0 Å². The molecule has 0 bridgehead atoms. The van der Waals surface area contributed by atoms with Crippen molar-refractivity contribution in [3.8, 4) is 78.7 Å². The van der Waals surface area contributed by atoms with E-state index in [-0.39, 0.29) is 0 Å². The van der Waals surface area contributed by atoms with Crippen molar-refractivity contribution >= 4 is 0 Å². The molecule has 1 heterocycles. The number of benzene rings is 7. The maximum absolute atomic E-state index is 5.10. The Balaban J connectivity index is 1.33. The van der Waals surface area contributed by atoms with Crippen LogP contribution in [0, 0.1) is 20.8 Å². The first kappa shape index (κ1) is 31.8. The number of rotatable bonds is 7. The summed E-state index contributed by atoms with van der Waals surface area (Å²) in [6.45, 7) is 6.43. The Morgan fingerprint density at radius 2 is 0.588 bits per heavy atom. The molecule has 7 aromatic carbocycles. The van der Waals surface area contributed by atoms with Crippen LogP contribution in [-0.2, 0) is 0 Å². The maximum Gasteiger partial charge on any atom is 0.164 e. The van der Waals surface area contributed by atoms with Crippen LogP contribution in [0.2, 0.25) is 0 Å². The summed E-state index contributed by atoms with van der Waals surface area (Å²) in [6, 6.07) is 60.0. The highest BCUT2D eigenvalue weighted by atomic mass is 15.0. The SMILES string of the molecule is Cc1ccc(-c2cccc(-c3cc(-c4cccc(-c5cc(C)cc(C)c5)c4)cc(-c4nc(-c5ccccc5)nc(-c5ccccc5)n4)c3)c2)cc1. The highest BCUT2D eigenvalue weighted by Gasteiger charge is 2.15. The van der Waals surface area contributed by atoms with Gasteiger partial charge in [-0.3, -0.25) is 0 Å². The van der Waals surface area contributed by atoms with E-state index in [1.807, 2.05) is 60.7 Å². The van der Waals surface area contributed by atoms with Crippen LogP contribution < -0.4 is 0 Å². The fraction of sp³-hybridized carbons (Fsp3) is 0.0625. The average molecular weight is 656 g/mol. The van der Waals surface area contributed by atoms with Crippen molar-refractivity contribution in [2.24, 2.45) is 0 Å². The van der Waals surface area contributed by atoms with Gasteiger partial charge in [-0.2, -0.15) is 0 Å². The lowest BCUT2D eigenvalue weighted by Gasteiger charge is -2.14. The van der Waals surface area contributed by atoms with Gasteiger partial charge in [0.25, 0.3) is 0 Å². The second-order valence-corrected chi connectivity index (χ2v) is 13.2. The van der Waals surface area contributed by atoms with E-state index >= 15 is 0 Å². The molecule has 244 valence electrons. The third-order valence-corrected chi connectivity index (χ3v) is 9.22. The van der Waals surface area contributed by atoms with Crippen molar-refractivity contribution in [3.05, 3.63) is 187 Å². The number of aryl methyl sites for hydroxylation is 3. The van der Waals surface area contributed by atoms with Crippen LogP contribution in [0.1, 0.15) is 16.7 Å². The second-order valence-electron chi connectivity index (χ2n) is 13.2. The average Bonchev–Trinajstić information content (AvgIpc) is 3.18. The normalized spacial score (nSPS) is 11.0. The summed E-state index contributed by atoms with van der Waals surface area (Å²) in [5.41, 5.74) is 15.8. The van der Waals surface area contributed by atoms with Gasteiger partial charge in [0.1, 0.15) is 0 Å². The summed E-state index contributed by atoms with van der Waals surface area (Å²) in [7, 11) is 0. The molecule has 0 saturated carbocycles. The Morgan fingerprint density at radius 3 is 1.06 bits per heavy atom. The molecule has 0 N–H and O–H groups in total. The summed E-state index contributed by atoms with van der Waals surface area (Å²) >= 11 is 0. The van der Waals surface area contributed by atoms with Gasteiger partial charge in [-0.1, -0.05) is 156 Å². The third kappa shape index (κ3) is 7.01. The smallest absolute Gasteiger partial charge is 0.164 e. The number of aromatic nitrogens is 3. The molecule has 0 saturated heterocycles. The molecule has 51 heavy (non-hydrogen) atoms. The summed E-state index contributed by atoms with van der Waals surface area (Å²) in [5, 5.41) is 0. The Morgan fingerprint density at radius 1 is 0.235 bits per heavy atom. The van der Waals surface area contributed by atoms with Gasteiger partial charge in [0, 0.05) is 16.7 Å². The summed E-state index contributed by atoms with van der Waals surface area (Å²) < 4.78 is 0. The van der Waals surface area contributed by atoms with Crippen molar-refractivity contribution in [2.45, 2.75) is 20.8 Å². The second kappa shape index (κ2) is 13.8. The van der Waals surface area contributed by atoms with E-state index < -0.39 is 0 Å². The van der Waals surface area contributed by atoms with Crippen molar-refractivity contribution in [3.63, 3.8) is 0 Å². The molecule has 8 rings (SSSR count). The lowest BCUT2D eigenvalue weighted by Crippen LogP contribution is -2.00. The summed E-state index contributed by atoms with van der Waals surface area (Å²) in [6.07, 6.45) is 0. The molecule has 0 aliphatic carbocycles. The highest BCUT2D eigenvalue weighted by Crippen LogP contribution is 2.36. The van der Waals surface area contributed by atoms with E-state index in [0.29, 0.717) is 17.5 Å². The molecule has 0 spiro atoms. The fourth-order valence-electron chi connectivity index (χ4n) is 6.67. The number of nitrogens with zero attached hydrogens (tertiary/aromatic N) is 3. The highest BCUT2D eigenvalue weighted by molar-refractivity contribution is 5.83. The van der Waals surface area contributed by atoms with Crippen LogP contribution in [0.15, 0.2) is 170 Å². The minimum atomic E-state index is 0.631. The molecule has 0 amide bonds. The van der Waals surface area contributed by atoms with Gasteiger partial charge in [0.15, 0.2) is 17.5 Å². The lowest BCUT2D eigenvalue weighted by atomic mass is 9.92. The van der Waals surface area contributed by atoms with Crippen LogP contribution in [0.25, 0.3) is 78.7 Å². The van der Waals surface area contributed by atoms with Gasteiger partial charge in [-0.05, 0) is 95.6 Å². The van der Waals surface area contributed by atoms with Gasteiger partial charge < -0.3 is 0 Å². The van der Waals surface area contributed by atoms with E-state index in [0.717, 1.165) is 38.9 Å². The Hall–Kier alpha value is -6.45. The molecule has 0 radical (unpaired) electrons. The molecule has 3 nitrogen and oxygen atoms in total. The van der Waals surface area contributed by atoms with Crippen LogP contribution in [-0.4, -0.2) is 15.0 Å². The van der Waals surface area contributed by atoms with E-state index in [2.05, 4.69) is 130 Å². The van der Waals surface area contributed by atoms with Gasteiger partial charge in [0.05, 0.1) is 0 Å². The molecule has 0 aliphatic heterocycles. The minimum absolute atomic E-state index is 0.631. The molecule has 3 heteroatoms. The van der Waals surface area contributed by atoms with Gasteiger partial charge >= 0.3 is 0 Å². The standard InChI is InChI=1S/C48H37N3/c1-32-20-22-35(23-21-32)38-16-10-18-40(27-38)43-29-44(41-19-11-17-39(28-41)42-25-33(2)24-34(3)26-42)31-45(30-43)48-50-46(36-12-6-4-7-13-36)49-47(51-48)37-14-8-5-9-15-37/h4-31H,1-3H3. The van der Waals surface area contributed by atoms with Gasteiger partial charge in [-0.25, -0.2) is 15.0 Å². The zero-order chi connectivity index (χ0) is 34.7. The lowest BCUT2D eigenvalue weighted by molar-refractivity contribution is 1.07. The van der Waals surface area contributed by atoms with Crippen LogP contribution >= 0.6 is 0 Å². The number of hydrogen-bond acceptors (Lipinski definition) is 3. The number of hydrogen-bond donors (Lipinski definition) is 0. The molecule has 0 atom stereocenters. The van der Waals surface area contributed by atoms with E-state index in [1.54, 1.807) is 0 Å². The van der Waals surface area contributed by atoms with E-state index in [1.165, 1.54) is 38.9 Å². The largest absolute Gasteiger partial charge is 0.208 e. The van der Waals surface area contributed by atoms with Crippen molar-refractivity contribution in [1.82, 2.24) is 15.0 Å². The Labute approximate surface area is 300 Å². The summed E-state index contributed by atoms with van der Waals surface area (Å²) in [5.74, 6) is 1.92. The first-order valence-electron chi connectivity index (χ1n) is 17.3. The molecule has 0 fully saturated rings. The first-order valence-corrected chi connectivity index (χ1v) is 17.3. The predicted octanol–water partition coefficient (Wildman–Crippen LogP) is 12.5. The first-order chi connectivity index (χ1) is 24.9. The van der Waals surface area contributed by atoms with Gasteiger partial charge in [0.2, 0.25) is 0 Å². The molecular weight excluding hydrogens is 619 g/mol.